The number of nitrogens with one attached hydrogen (secondary N) is 1. The van der Waals surface area contributed by atoms with Crippen molar-refractivity contribution < 1.29 is 23.8 Å². The predicted molar refractivity (Wildman–Crippen MR) is 107 cm³/mol. The number of rotatable bonds is 6. The van der Waals surface area contributed by atoms with E-state index in [-0.39, 0.29) is 13.4 Å². The maximum atomic E-state index is 12.5. The number of thiazole rings is 1. The van der Waals surface area contributed by atoms with Crippen LogP contribution in [0.1, 0.15) is 20.2 Å². The van der Waals surface area contributed by atoms with Crippen molar-refractivity contribution in [3.05, 3.63) is 64.0 Å². The van der Waals surface area contributed by atoms with Crippen LogP contribution in [-0.2, 0) is 16.1 Å². The summed E-state index contributed by atoms with van der Waals surface area (Å²) < 4.78 is 15.8. The van der Waals surface area contributed by atoms with Crippen molar-refractivity contribution in [2.75, 3.05) is 13.4 Å². The normalized spacial score (nSPS) is 11.9. The van der Waals surface area contributed by atoms with Crippen LogP contribution in [0.15, 0.2) is 48.5 Å². The summed E-state index contributed by atoms with van der Waals surface area (Å²) >= 11 is 1.25. The van der Waals surface area contributed by atoms with Crippen LogP contribution in [-0.4, -0.2) is 30.3 Å². The van der Waals surface area contributed by atoms with Crippen molar-refractivity contribution in [3.8, 4) is 22.8 Å². The van der Waals surface area contributed by atoms with Gasteiger partial charge in [0.2, 0.25) is 6.79 Å². The van der Waals surface area contributed by atoms with E-state index in [1.165, 1.54) is 11.3 Å². The third-order valence-electron chi connectivity index (χ3n) is 4.23. The number of nitrogens with zero attached hydrogens (tertiary/aromatic N) is 1. The number of ether oxygens (including phenoxy) is 3. The van der Waals surface area contributed by atoms with Crippen LogP contribution in [0, 0.1) is 6.92 Å². The first-order valence-corrected chi connectivity index (χ1v) is 9.77. The van der Waals surface area contributed by atoms with Crippen molar-refractivity contribution in [1.82, 2.24) is 10.3 Å². The first-order chi connectivity index (χ1) is 14.1. The van der Waals surface area contributed by atoms with E-state index in [0.29, 0.717) is 28.6 Å². The number of aromatic nitrogens is 1. The van der Waals surface area contributed by atoms with Gasteiger partial charge in [-0.05, 0) is 24.6 Å². The third kappa shape index (κ3) is 4.38. The number of amides is 1. The van der Waals surface area contributed by atoms with Crippen LogP contribution < -0.4 is 14.8 Å². The monoisotopic (exact) mass is 410 g/mol. The maximum Gasteiger partial charge on any atom is 0.351 e. The van der Waals surface area contributed by atoms with E-state index in [1.807, 2.05) is 43.3 Å². The number of carbonyl (C=O) groups is 2. The lowest BCUT2D eigenvalue weighted by Crippen LogP contribution is -2.28. The molecule has 0 fully saturated rings. The second-order valence-corrected chi connectivity index (χ2v) is 7.52. The molecule has 8 heteroatoms. The van der Waals surface area contributed by atoms with Gasteiger partial charge in [-0.25, -0.2) is 9.78 Å². The highest BCUT2D eigenvalue weighted by atomic mass is 32.1. The Balaban J connectivity index is 1.33. The lowest BCUT2D eigenvalue weighted by Gasteiger charge is -2.07. The maximum absolute atomic E-state index is 12.5. The molecule has 1 N–H and O–H groups in total. The van der Waals surface area contributed by atoms with E-state index in [9.17, 15) is 9.59 Å². The van der Waals surface area contributed by atoms with E-state index in [1.54, 1.807) is 12.1 Å². The Morgan fingerprint density at radius 1 is 1.14 bits per heavy atom. The van der Waals surface area contributed by atoms with Crippen molar-refractivity contribution in [1.29, 1.82) is 0 Å². The van der Waals surface area contributed by atoms with Gasteiger partial charge >= 0.3 is 5.97 Å². The van der Waals surface area contributed by atoms with Gasteiger partial charge in [0.15, 0.2) is 18.1 Å². The molecule has 2 heterocycles. The summed E-state index contributed by atoms with van der Waals surface area (Å²) in [5, 5.41) is 3.48. The van der Waals surface area contributed by atoms with Gasteiger partial charge in [0.05, 0.1) is 10.7 Å². The fraction of sp³-hybridized carbons (Fsp3) is 0.190. The highest BCUT2D eigenvalue weighted by Gasteiger charge is 2.20. The molecule has 148 valence electrons. The second kappa shape index (κ2) is 8.32. The number of aryl methyl sites for hydroxylation is 1. The Morgan fingerprint density at radius 2 is 1.93 bits per heavy atom. The molecule has 0 aliphatic carbocycles. The SMILES string of the molecule is Cc1nc(-c2ccccc2)c(C(=O)OCC(=O)NCc2ccc3c(c2)OCO3)s1. The Labute approximate surface area is 171 Å². The zero-order chi connectivity index (χ0) is 20.2. The molecule has 0 saturated heterocycles. The largest absolute Gasteiger partial charge is 0.454 e. The lowest BCUT2D eigenvalue weighted by molar-refractivity contribution is -0.124. The molecule has 0 saturated carbocycles. The van der Waals surface area contributed by atoms with Gasteiger partial charge in [0.25, 0.3) is 5.91 Å². The topological polar surface area (TPSA) is 86.8 Å². The number of fused-ring (bicyclic) bond motifs is 1. The standard InChI is InChI=1S/C21H18N2O5S/c1-13-23-19(15-5-3-2-4-6-15)20(29-13)21(25)26-11-18(24)22-10-14-7-8-16-17(9-14)28-12-27-16/h2-9H,10-12H2,1H3,(H,22,24). The second-order valence-electron chi connectivity index (χ2n) is 6.32. The van der Waals surface area contributed by atoms with Gasteiger partial charge in [-0.1, -0.05) is 36.4 Å². The molecule has 0 unspecified atom stereocenters. The minimum Gasteiger partial charge on any atom is -0.454 e. The minimum absolute atomic E-state index is 0.198. The Hall–Kier alpha value is -3.39. The van der Waals surface area contributed by atoms with Crippen LogP contribution in [0.25, 0.3) is 11.3 Å². The summed E-state index contributed by atoms with van der Waals surface area (Å²) in [5.74, 6) is 0.381. The zero-order valence-corrected chi connectivity index (χ0v) is 16.5. The first kappa shape index (κ1) is 18.9. The Kier molecular flexibility index (Phi) is 5.44. The van der Waals surface area contributed by atoms with Gasteiger partial charge in [-0.2, -0.15) is 0 Å². The number of hydrogen-bond donors (Lipinski definition) is 1. The van der Waals surface area contributed by atoms with Crippen molar-refractivity contribution >= 4 is 23.2 Å². The number of carbonyl (C=O) groups excluding carboxylic acids is 2. The molecule has 0 atom stereocenters. The third-order valence-corrected chi connectivity index (χ3v) is 5.18. The van der Waals surface area contributed by atoms with Crippen LogP contribution in [0.2, 0.25) is 0 Å². The summed E-state index contributed by atoms with van der Waals surface area (Å²) in [6.07, 6.45) is 0. The highest BCUT2D eigenvalue weighted by Crippen LogP contribution is 2.32. The quantitative estimate of drug-likeness (QED) is 0.628. The zero-order valence-electron chi connectivity index (χ0n) is 15.6. The summed E-state index contributed by atoms with van der Waals surface area (Å²) in [5.41, 5.74) is 2.26. The molecule has 29 heavy (non-hydrogen) atoms. The van der Waals surface area contributed by atoms with Gasteiger partial charge < -0.3 is 19.5 Å². The molecule has 1 aliphatic heterocycles. The van der Waals surface area contributed by atoms with E-state index in [0.717, 1.165) is 16.1 Å². The van der Waals surface area contributed by atoms with Crippen molar-refractivity contribution in [2.24, 2.45) is 0 Å². The van der Waals surface area contributed by atoms with Crippen molar-refractivity contribution in [3.63, 3.8) is 0 Å². The smallest absolute Gasteiger partial charge is 0.351 e. The van der Waals surface area contributed by atoms with Crippen LogP contribution in [0.5, 0.6) is 11.5 Å². The molecular formula is C21H18N2O5S. The average Bonchev–Trinajstić information content (AvgIpc) is 3.37. The highest BCUT2D eigenvalue weighted by molar-refractivity contribution is 7.14. The molecule has 1 amide bonds. The molecule has 3 aromatic rings. The summed E-state index contributed by atoms with van der Waals surface area (Å²) in [6.45, 7) is 1.95. The molecule has 7 nitrogen and oxygen atoms in total. The van der Waals surface area contributed by atoms with E-state index in [4.69, 9.17) is 14.2 Å². The van der Waals surface area contributed by atoms with Crippen molar-refractivity contribution in [2.45, 2.75) is 13.5 Å². The van der Waals surface area contributed by atoms with Gasteiger partial charge in [0, 0.05) is 12.1 Å². The van der Waals surface area contributed by atoms with Gasteiger partial charge in [-0.15, -0.1) is 11.3 Å². The Bertz CT molecular complexity index is 1050. The molecule has 0 radical (unpaired) electrons. The van der Waals surface area contributed by atoms with E-state index >= 15 is 0 Å². The number of benzene rings is 2. The van der Waals surface area contributed by atoms with Crippen LogP contribution in [0.3, 0.4) is 0 Å². The minimum atomic E-state index is -0.562. The molecule has 2 aromatic carbocycles. The lowest BCUT2D eigenvalue weighted by atomic mass is 10.1. The summed E-state index contributed by atoms with van der Waals surface area (Å²) in [7, 11) is 0. The van der Waals surface area contributed by atoms with Crippen LogP contribution >= 0.6 is 11.3 Å². The van der Waals surface area contributed by atoms with E-state index < -0.39 is 11.9 Å². The predicted octanol–water partition coefficient (Wildman–Crippen LogP) is 3.32. The molecule has 1 aliphatic rings. The fourth-order valence-corrected chi connectivity index (χ4v) is 3.69. The molecule has 1 aromatic heterocycles. The number of hydrogen-bond acceptors (Lipinski definition) is 7. The number of esters is 1. The van der Waals surface area contributed by atoms with Gasteiger partial charge in [-0.3, -0.25) is 4.79 Å². The summed E-state index contributed by atoms with van der Waals surface area (Å²) in [6, 6.07) is 14.8. The molecule has 0 bridgehead atoms. The summed E-state index contributed by atoms with van der Waals surface area (Å²) in [4.78, 5) is 29.4. The van der Waals surface area contributed by atoms with E-state index in [2.05, 4.69) is 10.3 Å². The molecular weight excluding hydrogens is 392 g/mol. The van der Waals surface area contributed by atoms with Crippen LogP contribution in [0.4, 0.5) is 0 Å². The Morgan fingerprint density at radius 3 is 2.76 bits per heavy atom. The average molecular weight is 410 g/mol. The first-order valence-electron chi connectivity index (χ1n) is 8.95. The van der Waals surface area contributed by atoms with Gasteiger partial charge in [0.1, 0.15) is 4.88 Å². The fourth-order valence-electron chi connectivity index (χ4n) is 2.86. The molecule has 0 spiro atoms. The molecule has 4 rings (SSSR count).